The van der Waals surface area contributed by atoms with Crippen LogP contribution in [0, 0.1) is 6.92 Å². The maximum absolute atomic E-state index is 10.1. The summed E-state index contributed by atoms with van der Waals surface area (Å²) < 4.78 is 0.958. The van der Waals surface area contributed by atoms with Crippen molar-refractivity contribution in [3.63, 3.8) is 0 Å². The van der Waals surface area contributed by atoms with Gasteiger partial charge in [0.1, 0.15) is 0 Å². The van der Waals surface area contributed by atoms with Crippen molar-refractivity contribution in [3.8, 4) is 0 Å². The van der Waals surface area contributed by atoms with Crippen molar-refractivity contribution in [2.75, 3.05) is 0 Å². The number of hydrogen-bond donors (Lipinski definition) is 1. The maximum atomic E-state index is 10.1. The van der Waals surface area contributed by atoms with Crippen LogP contribution in [0.5, 0.6) is 0 Å². The van der Waals surface area contributed by atoms with Crippen LogP contribution < -0.4 is 0 Å². The van der Waals surface area contributed by atoms with Crippen LogP contribution in [0.2, 0.25) is 0 Å². The van der Waals surface area contributed by atoms with E-state index in [1.165, 1.54) is 11.1 Å². The lowest BCUT2D eigenvalue weighted by Crippen LogP contribution is -2.14. The van der Waals surface area contributed by atoms with E-state index in [0.29, 0.717) is 12.8 Å². The molecule has 0 saturated carbocycles. The number of hydrogen-bond acceptors (Lipinski definition) is 2. The molecule has 94 valence electrons. The second-order valence-corrected chi connectivity index (χ2v) is 5.43. The second kappa shape index (κ2) is 6.12. The minimum atomic E-state index is -0.388. The third-order valence-corrected chi connectivity index (χ3v) is 3.26. The number of nitrogens with zero attached hydrogens (tertiary/aromatic N) is 1. The molecule has 1 aromatic heterocycles. The van der Waals surface area contributed by atoms with Gasteiger partial charge in [0, 0.05) is 22.8 Å². The molecule has 0 aliphatic heterocycles. The van der Waals surface area contributed by atoms with Crippen molar-refractivity contribution in [1.29, 1.82) is 0 Å². The zero-order valence-electron chi connectivity index (χ0n) is 10.3. The van der Waals surface area contributed by atoms with E-state index in [1.807, 2.05) is 24.3 Å². The molecule has 0 saturated heterocycles. The highest BCUT2D eigenvalue weighted by molar-refractivity contribution is 9.10. The predicted molar refractivity (Wildman–Crippen MR) is 76.5 cm³/mol. The lowest BCUT2D eigenvalue weighted by molar-refractivity contribution is 0.174. The van der Waals surface area contributed by atoms with Crippen LogP contribution in [-0.4, -0.2) is 16.2 Å². The molecule has 2 rings (SSSR count). The second-order valence-electron chi connectivity index (χ2n) is 4.52. The fourth-order valence-corrected chi connectivity index (χ4v) is 2.19. The van der Waals surface area contributed by atoms with Gasteiger partial charge in [-0.1, -0.05) is 29.8 Å². The average molecular weight is 306 g/mol. The summed E-state index contributed by atoms with van der Waals surface area (Å²) in [6.07, 6.45) is 2.62. The van der Waals surface area contributed by atoms with E-state index in [2.05, 4.69) is 40.0 Å². The smallest absolute Gasteiger partial charge is 0.0635 e. The van der Waals surface area contributed by atoms with Crippen LogP contribution in [0.4, 0.5) is 0 Å². The summed E-state index contributed by atoms with van der Waals surface area (Å²) in [5.74, 6) is 0. The van der Waals surface area contributed by atoms with Crippen molar-refractivity contribution < 1.29 is 5.11 Å². The van der Waals surface area contributed by atoms with Gasteiger partial charge in [0.2, 0.25) is 0 Å². The average Bonchev–Trinajstić information content (AvgIpc) is 2.32. The third kappa shape index (κ3) is 3.93. The van der Waals surface area contributed by atoms with Crippen molar-refractivity contribution >= 4 is 15.9 Å². The summed E-state index contributed by atoms with van der Waals surface area (Å²) in [4.78, 5) is 4.27. The first-order valence-electron chi connectivity index (χ1n) is 5.97. The van der Waals surface area contributed by atoms with E-state index in [9.17, 15) is 5.11 Å². The first kappa shape index (κ1) is 13.2. The molecular weight excluding hydrogens is 290 g/mol. The maximum Gasteiger partial charge on any atom is 0.0635 e. The molecular formula is C15H16BrNO. The molecule has 2 aromatic rings. The van der Waals surface area contributed by atoms with Crippen LogP contribution in [0.3, 0.4) is 0 Å². The van der Waals surface area contributed by atoms with Gasteiger partial charge in [-0.2, -0.15) is 0 Å². The summed E-state index contributed by atoms with van der Waals surface area (Å²) in [7, 11) is 0. The molecule has 0 spiro atoms. The SMILES string of the molecule is Cc1cccc(CC(O)Cc2ccc(Br)cn2)c1. The zero-order chi connectivity index (χ0) is 13.0. The highest BCUT2D eigenvalue weighted by Gasteiger charge is 2.08. The van der Waals surface area contributed by atoms with E-state index < -0.39 is 0 Å². The van der Waals surface area contributed by atoms with Gasteiger partial charge in [-0.05, 0) is 47.0 Å². The molecule has 1 aromatic carbocycles. The summed E-state index contributed by atoms with van der Waals surface area (Å²) >= 11 is 3.35. The highest BCUT2D eigenvalue weighted by atomic mass is 79.9. The van der Waals surface area contributed by atoms with Gasteiger partial charge in [-0.25, -0.2) is 0 Å². The monoisotopic (exact) mass is 305 g/mol. The lowest BCUT2D eigenvalue weighted by Gasteiger charge is -2.10. The summed E-state index contributed by atoms with van der Waals surface area (Å²) in [6.45, 7) is 2.06. The van der Waals surface area contributed by atoms with E-state index in [1.54, 1.807) is 6.20 Å². The Morgan fingerprint density at radius 3 is 2.72 bits per heavy atom. The number of rotatable bonds is 4. The van der Waals surface area contributed by atoms with Crippen LogP contribution in [0.15, 0.2) is 47.1 Å². The van der Waals surface area contributed by atoms with Gasteiger partial charge in [-0.15, -0.1) is 0 Å². The summed E-state index contributed by atoms with van der Waals surface area (Å²) in [6, 6.07) is 12.1. The number of halogens is 1. The third-order valence-electron chi connectivity index (χ3n) is 2.79. The van der Waals surface area contributed by atoms with Crippen LogP contribution >= 0.6 is 15.9 Å². The fourth-order valence-electron chi connectivity index (χ4n) is 1.95. The Morgan fingerprint density at radius 2 is 2.06 bits per heavy atom. The Hall–Kier alpha value is -1.19. The molecule has 18 heavy (non-hydrogen) atoms. The van der Waals surface area contributed by atoms with E-state index >= 15 is 0 Å². The molecule has 1 N–H and O–H groups in total. The Labute approximate surface area is 116 Å². The van der Waals surface area contributed by atoms with E-state index in [0.717, 1.165) is 10.2 Å². The van der Waals surface area contributed by atoms with Gasteiger partial charge >= 0.3 is 0 Å². The van der Waals surface area contributed by atoms with Crippen LogP contribution in [0.25, 0.3) is 0 Å². The fraction of sp³-hybridized carbons (Fsp3) is 0.267. The largest absolute Gasteiger partial charge is 0.392 e. The highest BCUT2D eigenvalue weighted by Crippen LogP contribution is 2.12. The number of aromatic nitrogens is 1. The molecule has 0 fully saturated rings. The first-order chi connectivity index (χ1) is 8.63. The Kier molecular flexibility index (Phi) is 4.50. The Morgan fingerprint density at radius 1 is 1.22 bits per heavy atom. The Bertz CT molecular complexity index is 510. The zero-order valence-corrected chi connectivity index (χ0v) is 11.9. The van der Waals surface area contributed by atoms with Gasteiger partial charge in [-0.3, -0.25) is 4.98 Å². The molecule has 3 heteroatoms. The normalized spacial score (nSPS) is 12.4. The van der Waals surface area contributed by atoms with E-state index in [-0.39, 0.29) is 6.10 Å². The molecule has 0 radical (unpaired) electrons. The minimum absolute atomic E-state index is 0.388. The Balaban J connectivity index is 1.96. The molecule has 0 aliphatic rings. The van der Waals surface area contributed by atoms with Crippen LogP contribution in [0.1, 0.15) is 16.8 Å². The van der Waals surface area contributed by atoms with Gasteiger partial charge in [0.15, 0.2) is 0 Å². The van der Waals surface area contributed by atoms with Crippen molar-refractivity contribution in [2.45, 2.75) is 25.9 Å². The molecule has 0 bridgehead atoms. The summed E-state index contributed by atoms with van der Waals surface area (Å²) in [5.41, 5.74) is 3.31. The molecule has 2 nitrogen and oxygen atoms in total. The molecule has 0 aliphatic carbocycles. The minimum Gasteiger partial charge on any atom is -0.392 e. The van der Waals surface area contributed by atoms with Crippen molar-refractivity contribution in [1.82, 2.24) is 4.98 Å². The lowest BCUT2D eigenvalue weighted by atomic mass is 10.0. The van der Waals surface area contributed by atoms with Gasteiger partial charge < -0.3 is 5.11 Å². The molecule has 1 atom stereocenters. The molecule has 1 unspecified atom stereocenters. The van der Waals surface area contributed by atoms with Crippen molar-refractivity contribution in [3.05, 3.63) is 63.9 Å². The summed E-state index contributed by atoms with van der Waals surface area (Å²) in [5, 5.41) is 10.1. The number of aliphatic hydroxyl groups excluding tert-OH is 1. The molecule has 1 heterocycles. The molecule has 0 amide bonds. The van der Waals surface area contributed by atoms with E-state index in [4.69, 9.17) is 0 Å². The first-order valence-corrected chi connectivity index (χ1v) is 6.77. The number of aryl methyl sites for hydroxylation is 1. The topological polar surface area (TPSA) is 33.1 Å². The number of aliphatic hydroxyl groups is 1. The van der Waals surface area contributed by atoms with Gasteiger partial charge in [0.05, 0.1) is 6.10 Å². The standard InChI is InChI=1S/C15H16BrNO/c1-11-3-2-4-12(7-11)8-15(18)9-14-6-5-13(16)10-17-14/h2-7,10,15,18H,8-9H2,1H3. The predicted octanol–water partition coefficient (Wildman–Crippen LogP) is 3.30. The quantitative estimate of drug-likeness (QED) is 0.940. The number of benzene rings is 1. The van der Waals surface area contributed by atoms with Crippen LogP contribution in [-0.2, 0) is 12.8 Å². The number of pyridine rings is 1. The van der Waals surface area contributed by atoms with Crippen molar-refractivity contribution in [2.24, 2.45) is 0 Å². The van der Waals surface area contributed by atoms with Gasteiger partial charge in [0.25, 0.3) is 0 Å².